The van der Waals surface area contributed by atoms with Crippen LogP contribution in [0.5, 0.6) is 0 Å². The number of hydrogen-bond donors (Lipinski definition) is 0. The van der Waals surface area contributed by atoms with Crippen LogP contribution in [0.25, 0.3) is 0 Å². The highest BCUT2D eigenvalue weighted by Crippen LogP contribution is 2.54. The molecule has 0 aliphatic heterocycles. The monoisotopic (exact) mass is 460 g/mol. The SMILES string of the molecule is CC1C(=O)C(C#N)=CC2C3=CC(=O)C(C#N)=CC3(C#CSI)CCC12. The zero-order chi connectivity index (χ0) is 18.2. The largest absolute Gasteiger partial charge is 0.293 e. The van der Waals surface area contributed by atoms with Gasteiger partial charge >= 0.3 is 0 Å². The molecule has 0 amide bonds. The molecule has 0 N–H and O–H groups in total. The van der Waals surface area contributed by atoms with Gasteiger partial charge in [-0.3, -0.25) is 9.59 Å². The Morgan fingerprint density at radius 2 is 2.00 bits per heavy atom. The van der Waals surface area contributed by atoms with Gasteiger partial charge in [-0.1, -0.05) is 18.9 Å². The zero-order valence-corrected chi connectivity index (χ0v) is 16.3. The third kappa shape index (κ3) is 2.86. The molecule has 1 fully saturated rings. The molecule has 4 atom stereocenters. The van der Waals surface area contributed by atoms with Gasteiger partial charge in [-0.05, 0) is 50.7 Å². The normalized spacial score (nSPS) is 33.3. The quantitative estimate of drug-likeness (QED) is 0.407. The summed E-state index contributed by atoms with van der Waals surface area (Å²) in [6.45, 7) is 1.85. The maximum atomic E-state index is 12.3. The summed E-state index contributed by atoms with van der Waals surface area (Å²) >= 11 is 2.09. The second-order valence-corrected chi connectivity index (χ2v) is 8.16. The van der Waals surface area contributed by atoms with E-state index in [1.807, 2.05) is 19.1 Å². The Balaban J connectivity index is 2.19. The van der Waals surface area contributed by atoms with Gasteiger partial charge in [0.15, 0.2) is 11.6 Å². The van der Waals surface area contributed by atoms with Gasteiger partial charge in [0.25, 0.3) is 0 Å². The first-order chi connectivity index (χ1) is 12.0. The van der Waals surface area contributed by atoms with Crippen molar-refractivity contribution in [2.75, 3.05) is 0 Å². The van der Waals surface area contributed by atoms with E-state index in [-0.39, 0.29) is 40.5 Å². The molecule has 3 aliphatic carbocycles. The number of nitrogens with zero attached hydrogens (tertiary/aromatic N) is 2. The first kappa shape index (κ1) is 18.0. The van der Waals surface area contributed by atoms with Crippen LogP contribution >= 0.6 is 30.1 Å². The molecule has 0 heterocycles. The Labute approximate surface area is 162 Å². The summed E-state index contributed by atoms with van der Waals surface area (Å²) in [5, 5.41) is 21.6. The van der Waals surface area contributed by atoms with Crippen LogP contribution in [-0.2, 0) is 9.59 Å². The highest BCUT2D eigenvalue weighted by molar-refractivity contribution is 14.2. The molecular weight excluding hydrogens is 447 g/mol. The maximum absolute atomic E-state index is 12.3. The lowest BCUT2D eigenvalue weighted by molar-refractivity contribution is -0.121. The third-order valence-electron chi connectivity index (χ3n) is 5.37. The summed E-state index contributed by atoms with van der Waals surface area (Å²) in [5.74, 6) is 2.40. The number of nitriles is 2. The lowest BCUT2D eigenvalue weighted by Crippen LogP contribution is -2.43. The van der Waals surface area contributed by atoms with Crippen molar-refractivity contribution in [3.63, 3.8) is 0 Å². The van der Waals surface area contributed by atoms with Crippen LogP contribution in [0.2, 0.25) is 0 Å². The topological polar surface area (TPSA) is 81.7 Å². The standard InChI is InChI=1S/C19H13IN2O2S/c1-11-14-2-3-19(4-5-25-20)8-13(10-22)17(23)7-16(19)15(14)6-12(9-21)18(11)24/h6-8,11,14-15H,2-3H2,1H3. The molecule has 0 saturated heterocycles. The minimum Gasteiger partial charge on any atom is -0.293 e. The van der Waals surface area contributed by atoms with Crippen LogP contribution in [0.1, 0.15) is 19.8 Å². The number of hydrogen-bond acceptors (Lipinski definition) is 5. The Hall–Kier alpha value is -1.82. The Bertz CT molecular complexity index is 906. The third-order valence-corrected chi connectivity index (χ3v) is 6.21. The number of halogens is 1. The molecule has 3 aliphatic rings. The number of rotatable bonds is 0. The fraction of sp³-hybridized carbons (Fsp3) is 0.368. The smallest absolute Gasteiger partial charge is 0.196 e. The van der Waals surface area contributed by atoms with Crippen LogP contribution in [0.15, 0.2) is 34.9 Å². The Morgan fingerprint density at radius 1 is 1.28 bits per heavy atom. The summed E-state index contributed by atoms with van der Waals surface area (Å²) in [7, 11) is 1.35. The molecule has 6 heteroatoms. The molecule has 0 aromatic heterocycles. The van der Waals surface area contributed by atoms with Crippen LogP contribution in [0.4, 0.5) is 0 Å². The minimum absolute atomic E-state index is 0.0582. The van der Waals surface area contributed by atoms with Crippen molar-refractivity contribution in [1.82, 2.24) is 0 Å². The Morgan fingerprint density at radius 3 is 2.64 bits per heavy atom. The van der Waals surface area contributed by atoms with Crippen molar-refractivity contribution < 1.29 is 9.59 Å². The molecule has 0 spiro atoms. The fourth-order valence-electron chi connectivity index (χ4n) is 4.10. The van der Waals surface area contributed by atoms with E-state index in [1.165, 1.54) is 15.0 Å². The molecule has 0 aromatic carbocycles. The molecular formula is C19H13IN2O2S. The molecule has 124 valence electrons. The molecule has 25 heavy (non-hydrogen) atoms. The number of allylic oxidation sites excluding steroid dienone is 6. The van der Waals surface area contributed by atoms with Gasteiger partial charge in [0.05, 0.1) is 16.6 Å². The second kappa shape index (κ2) is 6.83. The number of carbonyl (C=O) groups is 2. The fourth-order valence-corrected chi connectivity index (χ4v) is 4.65. The predicted octanol–water partition coefficient (Wildman–Crippen LogP) is 3.67. The van der Waals surface area contributed by atoms with Crippen LogP contribution < -0.4 is 0 Å². The highest BCUT2D eigenvalue weighted by Gasteiger charge is 2.49. The predicted molar refractivity (Wildman–Crippen MR) is 103 cm³/mol. The first-order valence-electron chi connectivity index (χ1n) is 7.82. The highest BCUT2D eigenvalue weighted by atomic mass is 127. The molecule has 0 bridgehead atoms. The summed E-state index contributed by atoms with van der Waals surface area (Å²) in [5.41, 5.74) is 0.413. The van der Waals surface area contributed by atoms with Crippen molar-refractivity contribution in [1.29, 1.82) is 10.5 Å². The van der Waals surface area contributed by atoms with E-state index in [2.05, 4.69) is 32.4 Å². The number of carbonyl (C=O) groups excluding carboxylic acids is 2. The lowest BCUT2D eigenvalue weighted by Gasteiger charge is -2.46. The van der Waals surface area contributed by atoms with E-state index >= 15 is 0 Å². The number of Topliss-reactive ketones (excluding diaryl/α,β-unsaturated/α-hetero) is 1. The lowest BCUT2D eigenvalue weighted by atomic mass is 9.55. The van der Waals surface area contributed by atoms with E-state index in [0.717, 1.165) is 12.0 Å². The van der Waals surface area contributed by atoms with Crippen LogP contribution in [0, 0.1) is 57.0 Å². The van der Waals surface area contributed by atoms with Gasteiger partial charge in [0, 0.05) is 33.0 Å². The number of fused-ring (bicyclic) bond motifs is 3. The number of ketones is 2. The first-order valence-corrected chi connectivity index (χ1v) is 11.2. The average molecular weight is 460 g/mol. The second-order valence-electron chi connectivity index (χ2n) is 6.48. The van der Waals surface area contributed by atoms with Gasteiger partial charge in [-0.15, -0.1) is 0 Å². The van der Waals surface area contributed by atoms with Crippen molar-refractivity contribution >= 4 is 41.7 Å². The average Bonchev–Trinajstić information content (AvgIpc) is 2.62. The maximum Gasteiger partial charge on any atom is 0.196 e. The van der Waals surface area contributed by atoms with Crippen LogP contribution in [0.3, 0.4) is 0 Å². The molecule has 3 rings (SSSR count). The van der Waals surface area contributed by atoms with E-state index < -0.39 is 5.41 Å². The van der Waals surface area contributed by atoms with E-state index in [0.29, 0.717) is 6.42 Å². The molecule has 0 aromatic rings. The van der Waals surface area contributed by atoms with Crippen molar-refractivity contribution in [3.8, 4) is 23.3 Å². The van der Waals surface area contributed by atoms with Gasteiger partial charge in [0.2, 0.25) is 0 Å². The van der Waals surface area contributed by atoms with Crippen molar-refractivity contribution in [3.05, 3.63) is 34.9 Å². The van der Waals surface area contributed by atoms with E-state index in [1.54, 1.807) is 12.2 Å². The van der Waals surface area contributed by atoms with Gasteiger partial charge < -0.3 is 0 Å². The minimum atomic E-state index is -0.671. The molecule has 4 unspecified atom stereocenters. The van der Waals surface area contributed by atoms with Crippen molar-refractivity contribution in [2.45, 2.75) is 19.8 Å². The molecule has 4 nitrogen and oxygen atoms in total. The van der Waals surface area contributed by atoms with Crippen LogP contribution in [-0.4, -0.2) is 11.6 Å². The summed E-state index contributed by atoms with van der Waals surface area (Å²) < 4.78 is 0. The summed E-state index contributed by atoms with van der Waals surface area (Å²) in [6, 6.07) is 3.95. The van der Waals surface area contributed by atoms with Gasteiger partial charge in [-0.25, -0.2) is 0 Å². The zero-order valence-electron chi connectivity index (χ0n) is 13.4. The Kier molecular flexibility index (Phi) is 4.91. The molecule has 0 radical (unpaired) electrons. The molecule has 1 saturated carbocycles. The van der Waals surface area contributed by atoms with Crippen molar-refractivity contribution in [2.24, 2.45) is 23.2 Å². The van der Waals surface area contributed by atoms with E-state index in [9.17, 15) is 20.1 Å². The van der Waals surface area contributed by atoms with Gasteiger partial charge in [-0.2, -0.15) is 10.5 Å². The van der Waals surface area contributed by atoms with E-state index in [4.69, 9.17) is 0 Å². The summed E-state index contributed by atoms with van der Waals surface area (Å²) in [4.78, 5) is 24.6. The van der Waals surface area contributed by atoms with Gasteiger partial charge in [0.1, 0.15) is 12.1 Å². The summed E-state index contributed by atoms with van der Waals surface area (Å²) in [6.07, 6.45) is 6.31.